The fraction of sp³-hybridized carbons (Fsp3) is 0.467. The van der Waals surface area contributed by atoms with Crippen LogP contribution in [0, 0.1) is 5.92 Å². The largest absolute Gasteiger partial charge is 0.304 e. The molecule has 0 fully saturated rings. The average Bonchev–Trinajstić information content (AvgIpc) is 2.27. The summed E-state index contributed by atoms with van der Waals surface area (Å²) >= 11 is 1.45. The molecule has 0 aliphatic rings. The third-order valence-electron chi connectivity index (χ3n) is 3.09. The van der Waals surface area contributed by atoms with Gasteiger partial charge in [0.2, 0.25) is 0 Å². The molecule has 1 nitrogen and oxygen atoms in total. The second-order valence-corrected chi connectivity index (χ2v) is 6.03. The van der Waals surface area contributed by atoms with Crippen molar-refractivity contribution in [1.29, 1.82) is 0 Å². The summed E-state index contributed by atoms with van der Waals surface area (Å²) in [6.45, 7) is 14.5. The molecule has 0 amide bonds. The van der Waals surface area contributed by atoms with Gasteiger partial charge in [-0.2, -0.15) is 0 Å². The minimum absolute atomic E-state index is 0.113. The number of hydrogen-bond acceptors (Lipinski definition) is 2. The van der Waals surface area contributed by atoms with Crippen molar-refractivity contribution < 1.29 is 4.18 Å². The normalized spacial score (nSPS) is 11.9. The topological polar surface area (TPSA) is 9.23 Å². The van der Waals surface area contributed by atoms with Crippen LogP contribution < -0.4 is 0 Å². The number of allylic oxidation sites excluding steroid dienone is 1. The highest BCUT2D eigenvalue weighted by Crippen LogP contribution is 2.30. The molecule has 0 heterocycles. The Morgan fingerprint density at radius 2 is 1.76 bits per heavy atom. The lowest BCUT2D eigenvalue weighted by Crippen LogP contribution is -2.28. The summed E-state index contributed by atoms with van der Waals surface area (Å²) in [7, 11) is 0. The van der Waals surface area contributed by atoms with E-state index in [1.165, 1.54) is 17.6 Å². The molecule has 0 radical (unpaired) electrons. The SMILES string of the molecule is C=C(C)c1ccc(SOC(C)(C)C(C)C)cc1. The van der Waals surface area contributed by atoms with Crippen molar-refractivity contribution in [2.45, 2.75) is 45.1 Å². The Bertz CT molecular complexity index is 376. The standard InChI is InChI=1S/C15H22OS/c1-11(2)13-7-9-14(10-8-13)17-16-15(5,6)12(3)4/h7-10,12H,1H2,2-6H3. The molecule has 17 heavy (non-hydrogen) atoms. The van der Waals surface area contributed by atoms with Gasteiger partial charge in [-0.1, -0.05) is 38.1 Å². The van der Waals surface area contributed by atoms with Gasteiger partial charge in [-0.3, -0.25) is 0 Å². The molecule has 0 bridgehead atoms. The summed E-state index contributed by atoms with van der Waals surface area (Å²) in [5.74, 6) is 0.490. The van der Waals surface area contributed by atoms with Crippen molar-refractivity contribution in [2.24, 2.45) is 5.92 Å². The van der Waals surface area contributed by atoms with Gasteiger partial charge in [-0.05, 0) is 44.4 Å². The van der Waals surface area contributed by atoms with Gasteiger partial charge in [-0.15, -0.1) is 0 Å². The lowest BCUT2D eigenvalue weighted by atomic mass is 9.95. The lowest BCUT2D eigenvalue weighted by Gasteiger charge is -2.28. The highest BCUT2D eigenvalue weighted by molar-refractivity contribution is 7.94. The molecular formula is C15H22OS. The van der Waals surface area contributed by atoms with Crippen LogP contribution in [-0.4, -0.2) is 5.60 Å². The van der Waals surface area contributed by atoms with Crippen LogP contribution in [0.5, 0.6) is 0 Å². The van der Waals surface area contributed by atoms with Crippen LogP contribution in [0.25, 0.3) is 5.57 Å². The van der Waals surface area contributed by atoms with Crippen LogP contribution in [0.2, 0.25) is 0 Å². The molecule has 0 aromatic heterocycles. The average molecular weight is 250 g/mol. The monoisotopic (exact) mass is 250 g/mol. The maximum Gasteiger partial charge on any atom is 0.0800 e. The summed E-state index contributed by atoms with van der Waals surface area (Å²) in [5, 5.41) is 0. The second-order valence-electron chi connectivity index (χ2n) is 5.23. The van der Waals surface area contributed by atoms with Crippen LogP contribution in [0.3, 0.4) is 0 Å². The molecule has 0 aliphatic carbocycles. The zero-order valence-corrected chi connectivity index (χ0v) is 12.2. The van der Waals surface area contributed by atoms with Crippen molar-refractivity contribution in [3.63, 3.8) is 0 Å². The Hall–Kier alpha value is -0.730. The quantitative estimate of drug-likeness (QED) is 0.666. The molecule has 0 atom stereocenters. The van der Waals surface area contributed by atoms with E-state index in [1.54, 1.807) is 0 Å². The van der Waals surface area contributed by atoms with E-state index in [0.29, 0.717) is 5.92 Å². The van der Waals surface area contributed by atoms with E-state index >= 15 is 0 Å². The third kappa shape index (κ3) is 4.21. The van der Waals surface area contributed by atoms with Crippen molar-refractivity contribution in [2.75, 3.05) is 0 Å². The van der Waals surface area contributed by atoms with Gasteiger partial charge in [0.25, 0.3) is 0 Å². The van der Waals surface area contributed by atoms with Crippen LogP contribution in [0.4, 0.5) is 0 Å². The van der Waals surface area contributed by atoms with Gasteiger partial charge in [0.15, 0.2) is 0 Å². The summed E-state index contributed by atoms with van der Waals surface area (Å²) in [5.41, 5.74) is 2.15. The molecule has 0 spiro atoms. The maximum absolute atomic E-state index is 5.87. The molecule has 0 unspecified atom stereocenters. The van der Waals surface area contributed by atoms with E-state index in [9.17, 15) is 0 Å². The summed E-state index contributed by atoms with van der Waals surface area (Å²) in [6.07, 6.45) is 0. The van der Waals surface area contributed by atoms with E-state index in [0.717, 1.165) is 10.5 Å². The first-order chi connectivity index (χ1) is 7.83. The van der Waals surface area contributed by atoms with Gasteiger partial charge in [0.1, 0.15) is 0 Å². The van der Waals surface area contributed by atoms with E-state index < -0.39 is 0 Å². The number of benzene rings is 1. The summed E-state index contributed by atoms with van der Waals surface area (Å²) in [6, 6.07) is 8.31. The zero-order valence-electron chi connectivity index (χ0n) is 11.4. The first kappa shape index (κ1) is 14.3. The Balaban J connectivity index is 2.62. The Morgan fingerprint density at radius 1 is 1.24 bits per heavy atom. The van der Waals surface area contributed by atoms with Gasteiger partial charge in [-0.25, -0.2) is 0 Å². The second kappa shape index (κ2) is 5.74. The first-order valence-corrected chi connectivity index (χ1v) is 6.68. The fourth-order valence-corrected chi connectivity index (χ4v) is 1.80. The molecule has 0 aliphatic heterocycles. The molecular weight excluding hydrogens is 228 g/mol. The van der Waals surface area contributed by atoms with E-state index in [4.69, 9.17) is 4.18 Å². The Kier molecular flexibility index (Phi) is 4.84. The molecule has 94 valence electrons. The van der Waals surface area contributed by atoms with Crippen molar-refractivity contribution in [3.8, 4) is 0 Å². The molecule has 0 saturated carbocycles. The van der Waals surface area contributed by atoms with Gasteiger partial charge in [0, 0.05) is 16.9 Å². The molecule has 1 rings (SSSR count). The van der Waals surface area contributed by atoms with Gasteiger partial charge in [0.05, 0.1) is 5.60 Å². The molecule has 1 aromatic carbocycles. The fourth-order valence-electron chi connectivity index (χ4n) is 1.05. The molecule has 1 aromatic rings. The number of hydrogen-bond donors (Lipinski definition) is 0. The maximum atomic E-state index is 5.87. The predicted molar refractivity (Wildman–Crippen MR) is 77.0 cm³/mol. The van der Waals surface area contributed by atoms with Crippen molar-refractivity contribution in [1.82, 2.24) is 0 Å². The Morgan fingerprint density at radius 3 is 2.18 bits per heavy atom. The minimum Gasteiger partial charge on any atom is -0.304 e. The van der Waals surface area contributed by atoms with Crippen molar-refractivity contribution >= 4 is 17.6 Å². The molecule has 0 saturated heterocycles. The minimum atomic E-state index is -0.113. The van der Waals surface area contributed by atoms with Crippen LogP contribution in [0.1, 0.15) is 40.2 Å². The van der Waals surface area contributed by atoms with Crippen LogP contribution in [-0.2, 0) is 4.18 Å². The Labute approximate surface area is 109 Å². The highest BCUT2D eigenvalue weighted by atomic mass is 32.2. The summed E-state index contributed by atoms with van der Waals surface area (Å²) < 4.78 is 5.87. The predicted octanol–water partition coefficient (Wildman–Crippen LogP) is 5.18. The van der Waals surface area contributed by atoms with Crippen molar-refractivity contribution in [3.05, 3.63) is 36.4 Å². The summed E-state index contributed by atoms with van der Waals surface area (Å²) in [4.78, 5) is 1.13. The lowest BCUT2D eigenvalue weighted by molar-refractivity contribution is 0.0850. The van der Waals surface area contributed by atoms with E-state index in [1.807, 2.05) is 6.92 Å². The van der Waals surface area contributed by atoms with Gasteiger partial charge >= 0.3 is 0 Å². The highest BCUT2D eigenvalue weighted by Gasteiger charge is 2.23. The zero-order chi connectivity index (χ0) is 13.1. The number of rotatable bonds is 5. The molecule has 2 heteroatoms. The first-order valence-electron chi connectivity index (χ1n) is 5.94. The third-order valence-corrected chi connectivity index (χ3v) is 4.07. The van der Waals surface area contributed by atoms with Crippen LogP contribution in [0.15, 0.2) is 35.7 Å². The van der Waals surface area contributed by atoms with E-state index in [2.05, 4.69) is 58.5 Å². The van der Waals surface area contributed by atoms with E-state index in [-0.39, 0.29) is 5.60 Å². The van der Waals surface area contributed by atoms with Gasteiger partial charge < -0.3 is 4.18 Å². The molecule has 0 N–H and O–H groups in total. The van der Waals surface area contributed by atoms with Crippen LogP contribution >= 0.6 is 12.0 Å². The smallest absolute Gasteiger partial charge is 0.0800 e.